The first kappa shape index (κ1) is 10.4. The Bertz CT molecular complexity index is 264. The zero-order valence-corrected chi connectivity index (χ0v) is 8.93. The highest BCUT2D eigenvalue weighted by molar-refractivity contribution is 7.15. The third-order valence-corrected chi connectivity index (χ3v) is 2.79. The molecule has 0 aliphatic rings. The van der Waals surface area contributed by atoms with Crippen LogP contribution in [0, 0.1) is 12.8 Å². The lowest BCUT2D eigenvalue weighted by molar-refractivity contribution is 0.226. The van der Waals surface area contributed by atoms with Crippen LogP contribution < -0.4 is 5.32 Å². The zero-order valence-electron chi connectivity index (χ0n) is 8.11. The smallest absolute Gasteiger partial charge is 0.205 e. The van der Waals surface area contributed by atoms with Crippen molar-refractivity contribution >= 4 is 16.5 Å². The van der Waals surface area contributed by atoms with Crippen LogP contribution in [0.4, 0.5) is 5.13 Å². The largest absolute Gasteiger partial charge is 0.396 e. The summed E-state index contributed by atoms with van der Waals surface area (Å²) in [7, 11) is 0. The van der Waals surface area contributed by atoms with E-state index in [2.05, 4.69) is 15.5 Å². The molecule has 0 saturated heterocycles. The van der Waals surface area contributed by atoms with Crippen molar-refractivity contribution in [2.75, 3.05) is 11.9 Å². The SMILES string of the molecule is Cc1nnc(NC(C)C(C)CO)s1. The van der Waals surface area contributed by atoms with Crippen LogP contribution in [-0.2, 0) is 0 Å². The van der Waals surface area contributed by atoms with Gasteiger partial charge in [0.05, 0.1) is 0 Å². The molecule has 2 unspecified atom stereocenters. The molecule has 74 valence electrons. The van der Waals surface area contributed by atoms with Gasteiger partial charge in [-0.3, -0.25) is 0 Å². The van der Waals surface area contributed by atoms with Gasteiger partial charge in [-0.2, -0.15) is 0 Å². The fraction of sp³-hybridized carbons (Fsp3) is 0.750. The van der Waals surface area contributed by atoms with Crippen LogP contribution in [0.3, 0.4) is 0 Å². The molecule has 0 spiro atoms. The van der Waals surface area contributed by atoms with Crippen LogP contribution in [-0.4, -0.2) is 28.0 Å². The van der Waals surface area contributed by atoms with Gasteiger partial charge in [0, 0.05) is 12.6 Å². The lowest BCUT2D eigenvalue weighted by Gasteiger charge is -2.17. The second kappa shape index (κ2) is 4.53. The average Bonchev–Trinajstić information content (AvgIpc) is 2.49. The monoisotopic (exact) mass is 201 g/mol. The Labute approximate surface area is 82.0 Å². The highest BCUT2D eigenvalue weighted by atomic mass is 32.1. The predicted molar refractivity (Wildman–Crippen MR) is 54.0 cm³/mol. The number of anilines is 1. The van der Waals surface area contributed by atoms with E-state index in [0.717, 1.165) is 10.1 Å². The van der Waals surface area contributed by atoms with Gasteiger partial charge in [-0.05, 0) is 19.8 Å². The summed E-state index contributed by atoms with van der Waals surface area (Å²) in [4.78, 5) is 0. The number of rotatable bonds is 4. The fourth-order valence-electron chi connectivity index (χ4n) is 0.850. The molecule has 0 aliphatic heterocycles. The van der Waals surface area contributed by atoms with E-state index in [1.165, 1.54) is 11.3 Å². The minimum Gasteiger partial charge on any atom is -0.396 e. The third-order valence-electron chi connectivity index (χ3n) is 2.02. The number of aliphatic hydroxyl groups is 1. The molecule has 0 aliphatic carbocycles. The highest BCUT2D eigenvalue weighted by Gasteiger charge is 2.12. The van der Waals surface area contributed by atoms with Gasteiger partial charge in [-0.15, -0.1) is 10.2 Å². The summed E-state index contributed by atoms with van der Waals surface area (Å²) >= 11 is 1.53. The van der Waals surface area contributed by atoms with Gasteiger partial charge < -0.3 is 10.4 Å². The predicted octanol–water partition coefficient (Wildman–Crippen LogP) is 1.28. The molecule has 1 aromatic heterocycles. The third kappa shape index (κ3) is 2.93. The second-order valence-corrected chi connectivity index (χ2v) is 4.40. The molecule has 0 fully saturated rings. The Hall–Kier alpha value is -0.680. The summed E-state index contributed by atoms with van der Waals surface area (Å²) in [6.45, 7) is 6.12. The topological polar surface area (TPSA) is 58.0 Å². The van der Waals surface area contributed by atoms with Crippen molar-refractivity contribution < 1.29 is 5.11 Å². The van der Waals surface area contributed by atoms with Crippen molar-refractivity contribution in [3.63, 3.8) is 0 Å². The summed E-state index contributed by atoms with van der Waals surface area (Å²) in [6, 6.07) is 0.220. The molecule has 0 radical (unpaired) electrons. The van der Waals surface area contributed by atoms with Gasteiger partial charge in [0.1, 0.15) is 5.01 Å². The molecule has 2 N–H and O–H groups in total. The molecule has 1 heterocycles. The molecular formula is C8H15N3OS. The molecule has 0 bridgehead atoms. The van der Waals surface area contributed by atoms with Gasteiger partial charge >= 0.3 is 0 Å². The van der Waals surface area contributed by atoms with Crippen LogP contribution in [0.25, 0.3) is 0 Å². The Balaban J connectivity index is 2.49. The van der Waals surface area contributed by atoms with E-state index in [0.29, 0.717) is 0 Å². The summed E-state index contributed by atoms with van der Waals surface area (Å²) in [6.07, 6.45) is 0. The van der Waals surface area contributed by atoms with Gasteiger partial charge in [-0.25, -0.2) is 0 Å². The van der Waals surface area contributed by atoms with Crippen LogP contribution in [0.15, 0.2) is 0 Å². The maximum Gasteiger partial charge on any atom is 0.205 e. The molecule has 2 atom stereocenters. The molecule has 5 heteroatoms. The summed E-state index contributed by atoms with van der Waals surface area (Å²) < 4.78 is 0. The first-order valence-electron chi connectivity index (χ1n) is 4.31. The summed E-state index contributed by atoms with van der Waals surface area (Å²) in [5.74, 6) is 0.226. The van der Waals surface area contributed by atoms with E-state index in [9.17, 15) is 0 Å². The number of aryl methyl sites for hydroxylation is 1. The van der Waals surface area contributed by atoms with Crippen molar-refractivity contribution in [2.45, 2.75) is 26.8 Å². The fourth-order valence-corrected chi connectivity index (χ4v) is 1.54. The van der Waals surface area contributed by atoms with Crippen LogP contribution in [0.5, 0.6) is 0 Å². The van der Waals surface area contributed by atoms with Crippen LogP contribution >= 0.6 is 11.3 Å². The van der Waals surface area contributed by atoms with Gasteiger partial charge in [0.25, 0.3) is 0 Å². The Morgan fingerprint density at radius 3 is 2.62 bits per heavy atom. The van der Waals surface area contributed by atoms with Gasteiger partial charge in [-0.1, -0.05) is 18.3 Å². The molecular weight excluding hydrogens is 186 g/mol. The molecule has 1 aromatic rings. The lowest BCUT2D eigenvalue weighted by Crippen LogP contribution is -2.26. The standard InChI is InChI=1S/C8H15N3OS/c1-5(4-12)6(2)9-8-11-10-7(3)13-8/h5-6,12H,4H2,1-3H3,(H,9,11). The Kier molecular flexibility index (Phi) is 3.62. The van der Waals surface area contributed by atoms with Crippen molar-refractivity contribution in [3.05, 3.63) is 5.01 Å². The number of nitrogens with one attached hydrogen (secondary N) is 1. The minimum absolute atomic E-state index is 0.186. The van der Waals surface area contributed by atoms with Gasteiger partial charge in [0.15, 0.2) is 0 Å². The number of aromatic nitrogens is 2. The molecule has 0 saturated carbocycles. The first-order chi connectivity index (χ1) is 6.13. The van der Waals surface area contributed by atoms with E-state index in [1.54, 1.807) is 0 Å². The Morgan fingerprint density at radius 1 is 1.46 bits per heavy atom. The van der Waals surface area contributed by atoms with Gasteiger partial charge in [0.2, 0.25) is 5.13 Å². The number of hydrogen-bond donors (Lipinski definition) is 2. The summed E-state index contributed by atoms with van der Waals surface area (Å²) in [5.41, 5.74) is 0. The van der Waals surface area contributed by atoms with Crippen LogP contribution in [0.1, 0.15) is 18.9 Å². The quantitative estimate of drug-likeness (QED) is 0.770. The number of aliphatic hydroxyl groups excluding tert-OH is 1. The minimum atomic E-state index is 0.186. The molecule has 13 heavy (non-hydrogen) atoms. The molecule has 0 aromatic carbocycles. The zero-order chi connectivity index (χ0) is 9.84. The molecule has 0 amide bonds. The van der Waals surface area contributed by atoms with E-state index in [4.69, 9.17) is 5.11 Å². The van der Waals surface area contributed by atoms with E-state index >= 15 is 0 Å². The average molecular weight is 201 g/mol. The first-order valence-corrected chi connectivity index (χ1v) is 5.12. The van der Waals surface area contributed by atoms with E-state index < -0.39 is 0 Å². The van der Waals surface area contributed by atoms with Crippen molar-refractivity contribution in [3.8, 4) is 0 Å². The number of nitrogens with zero attached hydrogens (tertiary/aromatic N) is 2. The second-order valence-electron chi connectivity index (χ2n) is 3.22. The lowest BCUT2D eigenvalue weighted by atomic mass is 10.1. The number of hydrogen-bond acceptors (Lipinski definition) is 5. The maximum atomic E-state index is 8.92. The van der Waals surface area contributed by atoms with Crippen molar-refractivity contribution in [2.24, 2.45) is 5.92 Å². The Morgan fingerprint density at radius 2 is 2.15 bits per heavy atom. The molecule has 1 rings (SSSR count). The van der Waals surface area contributed by atoms with Crippen LogP contribution in [0.2, 0.25) is 0 Å². The van der Waals surface area contributed by atoms with Crippen molar-refractivity contribution in [1.29, 1.82) is 0 Å². The normalized spacial score (nSPS) is 15.4. The van der Waals surface area contributed by atoms with E-state index in [1.807, 2.05) is 20.8 Å². The van der Waals surface area contributed by atoms with Crippen molar-refractivity contribution in [1.82, 2.24) is 10.2 Å². The molecule has 4 nitrogen and oxygen atoms in total. The highest BCUT2D eigenvalue weighted by Crippen LogP contribution is 2.16. The summed E-state index contributed by atoms with van der Waals surface area (Å²) in [5, 5.41) is 21.7. The maximum absolute atomic E-state index is 8.92. The van der Waals surface area contributed by atoms with E-state index in [-0.39, 0.29) is 18.6 Å².